The standard InChI is InChI=1S/C16H16BrNO3/c1-10(2)21-15-9-11(17)7-8-12(15)16(20)18-13-5-3-4-6-14(13)19/h3-10,19H,1-2H3,(H,18,20). The predicted octanol–water partition coefficient (Wildman–Crippen LogP) is 4.19. The number of phenols is 1. The third-order valence-electron chi connectivity index (χ3n) is 2.70. The van der Waals surface area contributed by atoms with Gasteiger partial charge in [0.1, 0.15) is 11.5 Å². The number of para-hydroxylation sites is 2. The molecule has 1 amide bonds. The van der Waals surface area contributed by atoms with E-state index in [9.17, 15) is 9.90 Å². The van der Waals surface area contributed by atoms with E-state index in [4.69, 9.17) is 4.74 Å². The van der Waals surface area contributed by atoms with Crippen LogP contribution >= 0.6 is 15.9 Å². The summed E-state index contributed by atoms with van der Waals surface area (Å²) in [7, 11) is 0. The molecule has 110 valence electrons. The third kappa shape index (κ3) is 3.98. The summed E-state index contributed by atoms with van der Waals surface area (Å²) in [5.41, 5.74) is 0.774. The number of rotatable bonds is 4. The molecular weight excluding hydrogens is 334 g/mol. The monoisotopic (exact) mass is 349 g/mol. The number of hydrogen-bond acceptors (Lipinski definition) is 3. The van der Waals surface area contributed by atoms with Crippen LogP contribution in [0.2, 0.25) is 0 Å². The van der Waals surface area contributed by atoms with Crippen LogP contribution in [-0.2, 0) is 0 Å². The summed E-state index contributed by atoms with van der Waals surface area (Å²) < 4.78 is 6.49. The third-order valence-corrected chi connectivity index (χ3v) is 3.20. The molecule has 0 aliphatic carbocycles. The average Bonchev–Trinajstić information content (AvgIpc) is 2.40. The molecule has 0 atom stereocenters. The van der Waals surface area contributed by atoms with Crippen molar-refractivity contribution in [3.05, 3.63) is 52.5 Å². The minimum Gasteiger partial charge on any atom is -0.506 e. The van der Waals surface area contributed by atoms with Gasteiger partial charge in [-0.3, -0.25) is 4.79 Å². The number of ether oxygens (including phenoxy) is 1. The summed E-state index contributed by atoms with van der Waals surface area (Å²) in [4.78, 5) is 12.4. The number of hydrogen-bond donors (Lipinski definition) is 2. The largest absolute Gasteiger partial charge is 0.506 e. The molecular formula is C16H16BrNO3. The number of carbonyl (C=O) groups excluding carboxylic acids is 1. The van der Waals surface area contributed by atoms with Gasteiger partial charge in [0, 0.05) is 4.47 Å². The molecule has 0 fully saturated rings. The molecule has 21 heavy (non-hydrogen) atoms. The highest BCUT2D eigenvalue weighted by Crippen LogP contribution is 2.27. The molecule has 0 aromatic heterocycles. The Bertz CT molecular complexity index is 656. The predicted molar refractivity (Wildman–Crippen MR) is 86.0 cm³/mol. The van der Waals surface area contributed by atoms with Crippen LogP contribution < -0.4 is 10.1 Å². The molecule has 4 nitrogen and oxygen atoms in total. The van der Waals surface area contributed by atoms with Crippen molar-refractivity contribution in [2.24, 2.45) is 0 Å². The molecule has 0 aliphatic heterocycles. The maximum atomic E-state index is 12.4. The maximum Gasteiger partial charge on any atom is 0.259 e. The highest BCUT2D eigenvalue weighted by atomic mass is 79.9. The smallest absolute Gasteiger partial charge is 0.259 e. The van der Waals surface area contributed by atoms with Crippen molar-refractivity contribution in [1.82, 2.24) is 0 Å². The number of aromatic hydroxyl groups is 1. The van der Waals surface area contributed by atoms with Crippen LogP contribution in [0.15, 0.2) is 46.9 Å². The topological polar surface area (TPSA) is 58.6 Å². The lowest BCUT2D eigenvalue weighted by Gasteiger charge is -2.15. The summed E-state index contributed by atoms with van der Waals surface area (Å²) in [6.45, 7) is 3.79. The second-order valence-electron chi connectivity index (χ2n) is 4.78. The maximum absolute atomic E-state index is 12.4. The summed E-state index contributed by atoms with van der Waals surface area (Å²) in [5.74, 6) is 0.182. The van der Waals surface area contributed by atoms with Gasteiger partial charge in [-0.2, -0.15) is 0 Å². The number of amides is 1. The van der Waals surface area contributed by atoms with Crippen LogP contribution in [-0.4, -0.2) is 17.1 Å². The second kappa shape index (κ2) is 6.63. The van der Waals surface area contributed by atoms with Crippen molar-refractivity contribution in [3.8, 4) is 11.5 Å². The minimum absolute atomic E-state index is 0.0225. The van der Waals surface area contributed by atoms with E-state index < -0.39 is 0 Å². The zero-order valence-corrected chi connectivity index (χ0v) is 13.3. The van der Waals surface area contributed by atoms with Crippen LogP contribution in [0, 0.1) is 0 Å². The first-order valence-corrected chi connectivity index (χ1v) is 7.32. The second-order valence-corrected chi connectivity index (χ2v) is 5.69. The Kier molecular flexibility index (Phi) is 4.85. The Morgan fingerprint density at radius 3 is 2.62 bits per heavy atom. The van der Waals surface area contributed by atoms with Gasteiger partial charge in [-0.05, 0) is 44.2 Å². The molecule has 2 N–H and O–H groups in total. The van der Waals surface area contributed by atoms with Gasteiger partial charge in [-0.15, -0.1) is 0 Å². The van der Waals surface area contributed by atoms with Crippen molar-refractivity contribution in [2.45, 2.75) is 20.0 Å². The van der Waals surface area contributed by atoms with Crippen molar-refractivity contribution >= 4 is 27.5 Å². The van der Waals surface area contributed by atoms with E-state index in [0.717, 1.165) is 4.47 Å². The fraction of sp³-hybridized carbons (Fsp3) is 0.188. The molecule has 0 unspecified atom stereocenters. The fourth-order valence-electron chi connectivity index (χ4n) is 1.80. The zero-order chi connectivity index (χ0) is 15.4. The van der Waals surface area contributed by atoms with Gasteiger partial charge in [0.2, 0.25) is 0 Å². The Labute approximate surface area is 131 Å². The van der Waals surface area contributed by atoms with Crippen molar-refractivity contribution in [1.29, 1.82) is 0 Å². The SMILES string of the molecule is CC(C)Oc1cc(Br)ccc1C(=O)Nc1ccccc1O. The molecule has 0 heterocycles. The van der Waals surface area contributed by atoms with Gasteiger partial charge < -0.3 is 15.2 Å². The van der Waals surface area contributed by atoms with E-state index >= 15 is 0 Å². The molecule has 2 aromatic rings. The lowest BCUT2D eigenvalue weighted by molar-refractivity contribution is 0.102. The first-order chi connectivity index (χ1) is 9.97. The fourth-order valence-corrected chi connectivity index (χ4v) is 2.14. The highest BCUT2D eigenvalue weighted by molar-refractivity contribution is 9.10. The van der Waals surface area contributed by atoms with Crippen molar-refractivity contribution in [2.75, 3.05) is 5.32 Å². The Hall–Kier alpha value is -2.01. The molecule has 2 aromatic carbocycles. The van der Waals surface area contributed by atoms with E-state index in [2.05, 4.69) is 21.2 Å². The van der Waals surface area contributed by atoms with Crippen molar-refractivity contribution < 1.29 is 14.6 Å². The molecule has 0 spiro atoms. The van der Waals surface area contributed by atoms with E-state index in [1.54, 1.807) is 36.4 Å². The van der Waals surface area contributed by atoms with E-state index in [1.807, 2.05) is 13.8 Å². The Balaban J connectivity index is 2.29. The summed E-state index contributed by atoms with van der Waals surface area (Å²) in [6.07, 6.45) is -0.0454. The summed E-state index contributed by atoms with van der Waals surface area (Å²) in [5, 5.41) is 12.4. The average molecular weight is 350 g/mol. The lowest BCUT2D eigenvalue weighted by Crippen LogP contribution is -2.15. The molecule has 5 heteroatoms. The van der Waals surface area contributed by atoms with Crippen LogP contribution in [0.25, 0.3) is 0 Å². The molecule has 0 bridgehead atoms. The molecule has 2 rings (SSSR count). The van der Waals surface area contributed by atoms with Crippen LogP contribution in [0.4, 0.5) is 5.69 Å². The molecule has 0 saturated carbocycles. The van der Waals surface area contributed by atoms with E-state index in [0.29, 0.717) is 17.0 Å². The summed E-state index contributed by atoms with van der Waals surface area (Å²) >= 11 is 3.36. The first kappa shape index (κ1) is 15.4. The van der Waals surface area contributed by atoms with Gasteiger partial charge in [-0.1, -0.05) is 28.1 Å². The van der Waals surface area contributed by atoms with Crippen LogP contribution in [0.1, 0.15) is 24.2 Å². The number of carbonyl (C=O) groups is 1. The number of phenolic OH excluding ortho intramolecular Hbond substituents is 1. The van der Waals surface area contributed by atoms with E-state index in [1.165, 1.54) is 6.07 Å². The number of benzene rings is 2. The highest BCUT2D eigenvalue weighted by Gasteiger charge is 2.15. The van der Waals surface area contributed by atoms with Gasteiger partial charge in [0.05, 0.1) is 17.4 Å². The van der Waals surface area contributed by atoms with Gasteiger partial charge in [0.25, 0.3) is 5.91 Å². The quantitative estimate of drug-likeness (QED) is 0.813. The molecule has 0 saturated heterocycles. The van der Waals surface area contributed by atoms with Crippen LogP contribution in [0.5, 0.6) is 11.5 Å². The normalized spacial score (nSPS) is 10.5. The first-order valence-electron chi connectivity index (χ1n) is 6.53. The lowest BCUT2D eigenvalue weighted by atomic mass is 10.1. The van der Waals surface area contributed by atoms with Gasteiger partial charge in [-0.25, -0.2) is 0 Å². The number of nitrogens with one attached hydrogen (secondary N) is 1. The van der Waals surface area contributed by atoms with E-state index in [-0.39, 0.29) is 17.8 Å². The number of anilines is 1. The molecule has 0 aliphatic rings. The Morgan fingerprint density at radius 1 is 1.24 bits per heavy atom. The van der Waals surface area contributed by atoms with Crippen LogP contribution in [0.3, 0.4) is 0 Å². The number of halogens is 1. The minimum atomic E-state index is -0.334. The molecule has 0 radical (unpaired) electrons. The van der Waals surface area contributed by atoms with Gasteiger partial charge in [0.15, 0.2) is 0 Å². The summed E-state index contributed by atoms with van der Waals surface area (Å²) in [6, 6.07) is 11.8. The zero-order valence-electron chi connectivity index (χ0n) is 11.8. The van der Waals surface area contributed by atoms with Crippen molar-refractivity contribution in [3.63, 3.8) is 0 Å². The van der Waals surface area contributed by atoms with Gasteiger partial charge >= 0.3 is 0 Å². The Morgan fingerprint density at radius 2 is 1.95 bits per heavy atom.